The second kappa shape index (κ2) is 13.3. The van der Waals surface area contributed by atoms with Crippen LogP contribution in [0, 0.1) is 0 Å². The number of rotatable bonds is 12. The molecule has 0 amide bonds. The number of nitrogens with one attached hydrogen (secondary N) is 1. The van der Waals surface area contributed by atoms with Crippen LogP contribution in [0.15, 0.2) is 72.8 Å². The van der Waals surface area contributed by atoms with Crippen LogP contribution in [0.5, 0.6) is 11.5 Å². The molecule has 1 N–H and O–H groups in total. The van der Waals surface area contributed by atoms with Gasteiger partial charge in [0.05, 0.1) is 31.4 Å². The molecule has 3 aromatic carbocycles. The summed E-state index contributed by atoms with van der Waals surface area (Å²) < 4.78 is 18.5. The van der Waals surface area contributed by atoms with Crippen LogP contribution in [-0.2, 0) is 22.6 Å². The third kappa shape index (κ3) is 6.87. The molecule has 2 saturated heterocycles. The Morgan fingerprint density at radius 1 is 1.00 bits per heavy atom. The lowest BCUT2D eigenvalue weighted by Gasteiger charge is -2.42. The van der Waals surface area contributed by atoms with Crippen molar-refractivity contribution in [1.29, 1.82) is 0 Å². The summed E-state index contributed by atoms with van der Waals surface area (Å²) in [4.78, 5) is 8.98. The molecule has 6 rings (SSSR count). The number of piperidine rings is 1. The fourth-order valence-corrected chi connectivity index (χ4v) is 6.34. The van der Waals surface area contributed by atoms with Gasteiger partial charge in [-0.3, -0.25) is 0 Å². The molecule has 41 heavy (non-hydrogen) atoms. The first-order valence-corrected chi connectivity index (χ1v) is 15.2. The molecule has 7 nitrogen and oxygen atoms in total. The van der Waals surface area contributed by atoms with E-state index in [9.17, 15) is 0 Å². The highest BCUT2D eigenvalue weighted by atomic mass is 16.7. The number of nitrogens with zero attached hydrogens (tertiary/aromatic N) is 2. The van der Waals surface area contributed by atoms with E-state index < -0.39 is 0 Å². The first-order chi connectivity index (χ1) is 20.2. The first-order valence-electron chi connectivity index (χ1n) is 15.2. The van der Waals surface area contributed by atoms with Gasteiger partial charge in [-0.1, -0.05) is 48.5 Å². The summed E-state index contributed by atoms with van der Waals surface area (Å²) in [6, 6.07) is 25.9. The van der Waals surface area contributed by atoms with E-state index in [-0.39, 0.29) is 6.10 Å². The largest absolute Gasteiger partial charge is 0.490 e. The number of quaternary nitrogens is 1. The Labute approximate surface area is 244 Å². The summed E-state index contributed by atoms with van der Waals surface area (Å²) >= 11 is 0. The van der Waals surface area contributed by atoms with Crippen molar-refractivity contribution in [2.45, 2.75) is 44.4 Å². The van der Waals surface area contributed by atoms with Crippen LogP contribution >= 0.6 is 0 Å². The van der Waals surface area contributed by atoms with E-state index in [1.54, 1.807) is 7.11 Å². The third-order valence-corrected chi connectivity index (χ3v) is 8.70. The molecule has 3 aromatic rings. The van der Waals surface area contributed by atoms with Gasteiger partial charge in [0.15, 0.2) is 5.75 Å². The van der Waals surface area contributed by atoms with Crippen LogP contribution < -0.4 is 19.8 Å². The monoisotopic (exact) mass is 558 g/mol. The molecule has 2 fully saturated rings. The number of ether oxygens (including phenoxy) is 3. The summed E-state index contributed by atoms with van der Waals surface area (Å²) in [5.74, 6) is 2.26. The predicted octanol–water partition coefficient (Wildman–Crippen LogP) is 5.30. The summed E-state index contributed by atoms with van der Waals surface area (Å²) in [6.07, 6.45) is 3.39. The highest BCUT2D eigenvalue weighted by molar-refractivity contribution is 5.61. The molecule has 218 valence electrons. The molecule has 0 saturated carbocycles. The Bertz CT molecular complexity index is 1250. The van der Waals surface area contributed by atoms with Gasteiger partial charge in [0.1, 0.15) is 32.0 Å². The zero-order chi connectivity index (χ0) is 27.9. The van der Waals surface area contributed by atoms with E-state index in [1.165, 1.54) is 23.1 Å². The maximum atomic E-state index is 6.59. The molecule has 0 spiro atoms. The third-order valence-electron chi connectivity index (χ3n) is 8.70. The van der Waals surface area contributed by atoms with Crippen molar-refractivity contribution in [3.05, 3.63) is 89.5 Å². The van der Waals surface area contributed by atoms with E-state index in [0.29, 0.717) is 17.2 Å². The highest BCUT2D eigenvalue weighted by Crippen LogP contribution is 2.35. The Hall–Kier alpha value is -3.10. The molecule has 3 aliphatic heterocycles. The topological polar surface area (TPSA) is 52.2 Å². The van der Waals surface area contributed by atoms with Crippen molar-refractivity contribution in [2.24, 2.45) is 0 Å². The van der Waals surface area contributed by atoms with Crippen LogP contribution in [0.25, 0.3) is 0 Å². The first kappa shape index (κ1) is 28.0. The van der Waals surface area contributed by atoms with E-state index in [2.05, 4.69) is 83.0 Å². The lowest BCUT2D eigenvalue weighted by molar-refractivity contribution is -1.12. The van der Waals surface area contributed by atoms with Crippen LogP contribution in [0.4, 0.5) is 5.69 Å². The van der Waals surface area contributed by atoms with Crippen molar-refractivity contribution in [2.75, 3.05) is 64.5 Å². The number of anilines is 1. The maximum absolute atomic E-state index is 6.59. The van der Waals surface area contributed by atoms with Gasteiger partial charge >= 0.3 is 0 Å². The van der Waals surface area contributed by atoms with Gasteiger partial charge in [-0.25, -0.2) is 0 Å². The van der Waals surface area contributed by atoms with E-state index in [1.807, 2.05) is 0 Å². The van der Waals surface area contributed by atoms with Crippen molar-refractivity contribution >= 4 is 5.69 Å². The van der Waals surface area contributed by atoms with Gasteiger partial charge in [0.2, 0.25) is 0 Å². The average molecular weight is 559 g/mol. The molecule has 7 heteroatoms. The smallest absolute Gasteiger partial charge is 0.190 e. The fourth-order valence-electron chi connectivity index (χ4n) is 6.34. The number of methoxy groups -OCH3 is 1. The van der Waals surface area contributed by atoms with Gasteiger partial charge in [0.25, 0.3) is 0 Å². The molecule has 2 atom stereocenters. The van der Waals surface area contributed by atoms with E-state index in [4.69, 9.17) is 19.0 Å². The number of fused-ring (bicyclic) bond motifs is 1. The quantitative estimate of drug-likeness (QED) is 0.241. The second-order valence-electron chi connectivity index (χ2n) is 11.6. The lowest BCUT2D eigenvalue weighted by Crippen LogP contribution is -2.59. The number of likely N-dealkylation sites (tertiary alicyclic amines) is 1. The molecular formula is C34H44N3O4+. The van der Waals surface area contributed by atoms with Crippen molar-refractivity contribution in [1.82, 2.24) is 5.32 Å². The summed E-state index contributed by atoms with van der Waals surface area (Å²) in [5, 5.41) is 3.55. The highest BCUT2D eigenvalue weighted by Gasteiger charge is 2.39. The predicted molar refractivity (Wildman–Crippen MR) is 161 cm³/mol. The van der Waals surface area contributed by atoms with Crippen LogP contribution in [0.3, 0.4) is 0 Å². The van der Waals surface area contributed by atoms with Gasteiger partial charge in [-0.15, -0.1) is 4.65 Å². The van der Waals surface area contributed by atoms with E-state index in [0.717, 1.165) is 89.1 Å². The van der Waals surface area contributed by atoms with Crippen LogP contribution in [0.1, 0.15) is 41.9 Å². The molecule has 3 heterocycles. The molecule has 3 aliphatic rings. The summed E-state index contributed by atoms with van der Waals surface area (Å²) in [5.41, 5.74) is 4.99. The SMILES string of the molecule is COCCCN1CCOc2ccc(COC3CNCCC3c3ccc(O[N+]4(Cc5ccccc5)CCC4)cc3)cc21. The maximum Gasteiger partial charge on any atom is 0.190 e. The lowest BCUT2D eigenvalue weighted by atomic mass is 9.87. The molecular weight excluding hydrogens is 514 g/mol. The summed E-state index contributed by atoms with van der Waals surface area (Å²) in [7, 11) is 1.76. The normalized spacial score (nSPS) is 21.4. The van der Waals surface area contributed by atoms with Crippen LogP contribution in [-0.4, -0.2) is 70.3 Å². The molecule has 2 unspecified atom stereocenters. The second-order valence-corrected chi connectivity index (χ2v) is 11.6. The number of hydrogen-bond donors (Lipinski definition) is 1. The van der Waals surface area contributed by atoms with E-state index >= 15 is 0 Å². The van der Waals surface area contributed by atoms with Crippen molar-refractivity contribution in [3.8, 4) is 11.5 Å². The van der Waals surface area contributed by atoms with Gasteiger partial charge < -0.3 is 29.3 Å². The molecule has 0 aromatic heterocycles. The minimum atomic E-state index is 0.118. The Balaban J connectivity index is 1.08. The summed E-state index contributed by atoms with van der Waals surface area (Å²) in [6.45, 7) is 8.84. The number of hydrogen-bond acceptors (Lipinski definition) is 6. The van der Waals surface area contributed by atoms with Gasteiger partial charge in [-0.2, -0.15) is 0 Å². The van der Waals surface area contributed by atoms with Crippen molar-refractivity contribution in [3.63, 3.8) is 0 Å². The minimum Gasteiger partial charge on any atom is -0.490 e. The minimum absolute atomic E-state index is 0.118. The Kier molecular flexibility index (Phi) is 9.06. The van der Waals surface area contributed by atoms with Gasteiger partial charge in [-0.05, 0) is 54.8 Å². The zero-order valence-electron chi connectivity index (χ0n) is 24.3. The average Bonchev–Trinajstić information content (AvgIpc) is 3.00. The van der Waals surface area contributed by atoms with Gasteiger partial charge in [0, 0.05) is 38.3 Å². The Morgan fingerprint density at radius 2 is 1.85 bits per heavy atom. The molecule has 0 aliphatic carbocycles. The Morgan fingerprint density at radius 3 is 2.63 bits per heavy atom. The van der Waals surface area contributed by atoms with Crippen molar-refractivity contribution < 1.29 is 23.7 Å². The van der Waals surface area contributed by atoms with Crippen LogP contribution in [0.2, 0.25) is 0 Å². The number of benzene rings is 3. The molecule has 0 bridgehead atoms. The fraction of sp³-hybridized carbons (Fsp3) is 0.471. The number of hydroxylamine groups is 3. The molecule has 0 radical (unpaired) electrons. The standard InChI is InChI=1S/C34H44N3O4/c1-38-21-5-17-36-18-22-39-33-14-9-28(23-32(33)36)26-40-34-24-35-16-15-31(34)29-10-12-30(13-11-29)41-37(19-6-20-37)25-27-7-3-2-4-8-27/h2-4,7-14,23,31,34-35H,5-6,15-22,24-26H2,1H3/q+1. The zero-order valence-corrected chi connectivity index (χ0v) is 24.3.